The number of rotatable bonds is 2. The Bertz CT molecular complexity index is 590. The van der Waals surface area contributed by atoms with Gasteiger partial charge in [0, 0.05) is 37.2 Å². The minimum Gasteiger partial charge on any atom is -0.348 e. The van der Waals surface area contributed by atoms with Gasteiger partial charge in [-0.1, -0.05) is 0 Å². The highest BCUT2D eigenvalue weighted by molar-refractivity contribution is 7.91. The van der Waals surface area contributed by atoms with Gasteiger partial charge in [0.15, 0.2) is 15.0 Å². The van der Waals surface area contributed by atoms with E-state index in [1.54, 1.807) is 0 Å². The number of anilines is 1. The van der Waals surface area contributed by atoms with Crippen LogP contribution in [0.4, 0.5) is 13.9 Å². The van der Waals surface area contributed by atoms with Gasteiger partial charge in [0.1, 0.15) is 0 Å². The molecule has 0 saturated carbocycles. The summed E-state index contributed by atoms with van der Waals surface area (Å²) in [5.74, 6) is -2.21. The zero-order valence-corrected chi connectivity index (χ0v) is 12.5. The van der Waals surface area contributed by atoms with Crippen LogP contribution in [0.15, 0.2) is 5.38 Å². The summed E-state index contributed by atoms with van der Waals surface area (Å²) in [6.07, 6.45) is 0.336. The normalized spacial score (nSPS) is 28.7. The maximum atomic E-state index is 13.1. The number of thiazole rings is 1. The second-order valence-corrected chi connectivity index (χ2v) is 8.56. The Kier molecular flexibility index (Phi) is 3.48. The first-order chi connectivity index (χ1) is 9.35. The Hall–Kier alpha value is -0.760. The summed E-state index contributed by atoms with van der Waals surface area (Å²) in [7, 11) is -2.92. The van der Waals surface area contributed by atoms with Crippen molar-refractivity contribution >= 4 is 26.3 Å². The molecular weight excluding hydrogens is 306 g/mol. The van der Waals surface area contributed by atoms with Crippen LogP contribution in [0, 0.1) is 0 Å². The van der Waals surface area contributed by atoms with Crippen molar-refractivity contribution in [3.63, 3.8) is 0 Å². The van der Waals surface area contributed by atoms with Gasteiger partial charge in [-0.2, -0.15) is 0 Å². The van der Waals surface area contributed by atoms with Crippen LogP contribution in [0.25, 0.3) is 0 Å². The van der Waals surface area contributed by atoms with Gasteiger partial charge < -0.3 is 4.90 Å². The number of piperidine rings is 1. The summed E-state index contributed by atoms with van der Waals surface area (Å²) < 4.78 is 49.2. The molecule has 3 rings (SSSR count). The average molecular weight is 322 g/mol. The number of alkyl halides is 2. The third-order valence-electron chi connectivity index (χ3n) is 3.93. The van der Waals surface area contributed by atoms with Gasteiger partial charge in [0.25, 0.3) is 5.92 Å². The average Bonchev–Trinajstić information content (AvgIpc) is 2.95. The molecule has 1 unspecified atom stereocenters. The van der Waals surface area contributed by atoms with Crippen LogP contribution < -0.4 is 4.90 Å². The molecule has 2 fully saturated rings. The number of nitrogens with zero attached hydrogens (tertiary/aromatic N) is 2. The molecule has 1 atom stereocenters. The lowest BCUT2D eigenvalue weighted by molar-refractivity contribution is -0.0220. The van der Waals surface area contributed by atoms with E-state index >= 15 is 0 Å². The largest absolute Gasteiger partial charge is 0.348 e. The zero-order chi connectivity index (χ0) is 14.4. The molecule has 0 aliphatic carbocycles. The van der Waals surface area contributed by atoms with Gasteiger partial charge in [0.05, 0.1) is 17.2 Å². The molecule has 0 spiro atoms. The van der Waals surface area contributed by atoms with E-state index in [1.807, 2.05) is 10.3 Å². The van der Waals surface area contributed by atoms with Crippen LogP contribution in [0.2, 0.25) is 0 Å². The summed E-state index contributed by atoms with van der Waals surface area (Å²) in [5.41, 5.74) is 0.795. The summed E-state index contributed by atoms with van der Waals surface area (Å²) in [6.45, 7) is 0.617. The Labute approximate surface area is 120 Å². The van der Waals surface area contributed by atoms with E-state index in [4.69, 9.17) is 0 Å². The van der Waals surface area contributed by atoms with E-state index in [1.165, 1.54) is 11.3 Å². The van der Waals surface area contributed by atoms with E-state index in [9.17, 15) is 17.2 Å². The highest BCUT2D eigenvalue weighted by Gasteiger charge is 2.35. The molecule has 0 radical (unpaired) electrons. The Morgan fingerprint density at radius 1 is 1.35 bits per heavy atom. The molecule has 0 N–H and O–H groups in total. The fourth-order valence-electron chi connectivity index (χ4n) is 2.66. The smallest absolute Gasteiger partial charge is 0.251 e. The van der Waals surface area contributed by atoms with Crippen molar-refractivity contribution in [1.82, 2.24) is 4.98 Å². The van der Waals surface area contributed by atoms with Crippen LogP contribution >= 0.6 is 11.3 Å². The lowest BCUT2D eigenvalue weighted by atomic mass is 10.1. The molecule has 0 amide bonds. The van der Waals surface area contributed by atoms with Crippen molar-refractivity contribution in [2.24, 2.45) is 0 Å². The molecule has 0 aromatic carbocycles. The van der Waals surface area contributed by atoms with Crippen molar-refractivity contribution < 1.29 is 17.2 Å². The lowest BCUT2D eigenvalue weighted by Gasteiger charge is -2.31. The highest BCUT2D eigenvalue weighted by atomic mass is 32.2. The molecule has 1 aromatic rings. The van der Waals surface area contributed by atoms with Gasteiger partial charge in [-0.3, -0.25) is 0 Å². The van der Waals surface area contributed by atoms with Crippen molar-refractivity contribution in [3.05, 3.63) is 11.1 Å². The number of sulfone groups is 1. The molecule has 8 heteroatoms. The molecule has 2 aliphatic heterocycles. The van der Waals surface area contributed by atoms with Crippen molar-refractivity contribution in [3.8, 4) is 0 Å². The Morgan fingerprint density at radius 3 is 2.65 bits per heavy atom. The minimum absolute atomic E-state index is 0.0313. The topological polar surface area (TPSA) is 50.3 Å². The molecule has 2 aliphatic rings. The maximum Gasteiger partial charge on any atom is 0.251 e. The quantitative estimate of drug-likeness (QED) is 0.838. The number of hydrogen-bond donors (Lipinski definition) is 0. The number of aromatic nitrogens is 1. The van der Waals surface area contributed by atoms with Crippen LogP contribution in [0.3, 0.4) is 0 Å². The molecule has 4 nitrogen and oxygen atoms in total. The molecular formula is C12H16F2N2O2S2. The van der Waals surface area contributed by atoms with Gasteiger partial charge in [-0.05, 0) is 6.42 Å². The van der Waals surface area contributed by atoms with E-state index in [0.29, 0.717) is 19.5 Å². The van der Waals surface area contributed by atoms with Crippen LogP contribution in [0.1, 0.15) is 30.9 Å². The van der Waals surface area contributed by atoms with Crippen molar-refractivity contribution in [2.45, 2.75) is 31.1 Å². The summed E-state index contributed by atoms with van der Waals surface area (Å²) in [5, 5.41) is 2.60. The first kappa shape index (κ1) is 14.2. The molecule has 3 heterocycles. The summed E-state index contributed by atoms with van der Waals surface area (Å²) >= 11 is 1.42. The van der Waals surface area contributed by atoms with E-state index in [-0.39, 0.29) is 30.3 Å². The third kappa shape index (κ3) is 2.95. The van der Waals surface area contributed by atoms with Crippen LogP contribution in [-0.2, 0) is 9.84 Å². The first-order valence-electron chi connectivity index (χ1n) is 6.63. The molecule has 1 aromatic heterocycles. The van der Waals surface area contributed by atoms with E-state index < -0.39 is 15.8 Å². The van der Waals surface area contributed by atoms with Crippen LogP contribution in [0.5, 0.6) is 0 Å². The lowest BCUT2D eigenvalue weighted by Crippen LogP contribution is -2.39. The Morgan fingerprint density at radius 2 is 2.05 bits per heavy atom. The Balaban J connectivity index is 1.69. The summed E-state index contributed by atoms with van der Waals surface area (Å²) in [6, 6.07) is 0. The monoisotopic (exact) mass is 322 g/mol. The van der Waals surface area contributed by atoms with Gasteiger partial charge in [-0.25, -0.2) is 22.2 Å². The van der Waals surface area contributed by atoms with Crippen molar-refractivity contribution in [1.29, 1.82) is 0 Å². The molecule has 20 heavy (non-hydrogen) atoms. The molecule has 112 valence electrons. The van der Waals surface area contributed by atoms with Gasteiger partial charge >= 0.3 is 0 Å². The summed E-state index contributed by atoms with van der Waals surface area (Å²) in [4.78, 5) is 6.33. The van der Waals surface area contributed by atoms with E-state index in [2.05, 4.69) is 4.98 Å². The predicted molar refractivity (Wildman–Crippen MR) is 74.5 cm³/mol. The fraction of sp³-hybridized carbons (Fsp3) is 0.750. The third-order valence-corrected chi connectivity index (χ3v) is 6.61. The molecule has 2 saturated heterocycles. The van der Waals surface area contributed by atoms with Gasteiger partial charge in [0.2, 0.25) is 0 Å². The highest BCUT2D eigenvalue weighted by Crippen LogP contribution is 2.35. The first-order valence-corrected chi connectivity index (χ1v) is 9.33. The van der Waals surface area contributed by atoms with Crippen molar-refractivity contribution in [2.75, 3.05) is 29.5 Å². The SMILES string of the molecule is O=S1(=O)CCC(c2csc(N3CCC(F)(F)CC3)n2)C1. The second-order valence-electron chi connectivity index (χ2n) is 5.50. The number of halogens is 2. The van der Waals surface area contributed by atoms with E-state index in [0.717, 1.165) is 10.8 Å². The zero-order valence-electron chi connectivity index (χ0n) is 10.9. The van der Waals surface area contributed by atoms with Crippen LogP contribution in [-0.4, -0.2) is 43.9 Å². The maximum absolute atomic E-state index is 13.1. The predicted octanol–water partition coefficient (Wildman–Crippen LogP) is 2.28. The van der Waals surface area contributed by atoms with Gasteiger partial charge in [-0.15, -0.1) is 11.3 Å². The number of hydrogen-bond acceptors (Lipinski definition) is 5. The molecule has 0 bridgehead atoms. The standard InChI is InChI=1S/C12H16F2N2O2S2/c13-12(14)2-4-16(5-3-12)11-15-10(7-19-11)9-1-6-20(17,18)8-9/h7,9H,1-6,8H2. The second kappa shape index (κ2) is 4.91. The minimum atomic E-state index is -2.92. The fourth-order valence-corrected chi connectivity index (χ4v) is 5.38.